The molecule has 0 N–H and O–H groups in total. The van der Waals surface area contributed by atoms with Crippen LogP contribution in [0.25, 0.3) is 100 Å². The fourth-order valence-electron chi connectivity index (χ4n) is 9.84. The second-order valence-electron chi connectivity index (χ2n) is 16.5. The molecule has 0 spiro atoms. The minimum atomic E-state index is -0.372. The first-order chi connectivity index (χ1) is 31.6. The Morgan fingerprint density at radius 1 is 0.359 bits per heavy atom. The van der Waals surface area contributed by atoms with Crippen LogP contribution in [0.2, 0.25) is 0 Å². The Labute approximate surface area is 373 Å². The molecule has 64 heavy (non-hydrogen) atoms. The minimum Gasteiger partial charge on any atom is -0.206 e. The maximum atomic E-state index is 19.6. The van der Waals surface area contributed by atoms with Crippen LogP contribution >= 0.6 is 0 Å². The van der Waals surface area contributed by atoms with Crippen molar-refractivity contribution in [3.05, 3.63) is 234 Å². The van der Waals surface area contributed by atoms with E-state index in [1.54, 1.807) is 0 Å². The summed E-state index contributed by atoms with van der Waals surface area (Å²) in [6.45, 7) is 4.37. The Morgan fingerprint density at radius 2 is 0.812 bits per heavy atom. The van der Waals surface area contributed by atoms with Crippen molar-refractivity contribution in [2.24, 2.45) is 0 Å². The van der Waals surface area contributed by atoms with E-state index in [1.165, 1.54) is 22.3 Å². The van der Waals surface area contributed by atoms with E-state index < -0.39 is 0 Å². The molecule has 10 aromatic rings. The first-order valence-corrected chi connectivity index (χ1v) is 21.8. The molecule has 9 aromatic carbocycles. The van der Waals surface area contributed by atoms with E-state index >= 15 is 4.39 Å². The van der Waals surface area contributed by atoms with Crippen LogP contribution in [0.15, 0.2) is 206 Å². The van der Waals surface area contributed by atoms with Crippen molar-refractivity contribution in [3.63, 3.8) is 0 Å². The molecule has 304 valence electrons. The van der Waals surface area contributed by atoms with Gasteiger partial charge in [0.2, 0.25) is 0 Å². The summed E-state index contributed by atoms with van der Waals surface area (Å²) < 4.78 is 19.6. The normalized spacial score (nSPS) is 11.6. The molecule has 0 saturated heterocycles. The van der Waals surface area contributed by atoms with Crippen molar-refractivity contribution >= 4 is 0 Å². The number of rotatable bonds is 8. The van der Waals surface area contributed by atoms with Crippen LogP contribution in [0.3, 0.4) is 0 Å². The van der Waals surface area contributed by atoms with E-state index in [4.69, 9.17) is 10.2 Å². The highest BCUT2D eigenvalue weighted by Gasteiger charge is 2.35. The summed E-state index contributed by atoms with van der Waals surface area (Å²) in [6.07, 6.45) is 0.708. The SMILES string of the molecule is Cc1cc2c(c(-c3c(-c4nnnc(-c5ccccc5)c4-c4ccccc4-c4ccccc4)c(F)c(-c4ccccc4)c(-c4ccccc4)c3-c3ccccc3)c1C)Cc1ccccc1-2. The van der Waals surface area contributed by atoms with Gasteiger partial charge in [-0.1, -0.05) is 206 Å². The number of aryl methyl sites for hydroxylation is 1. The molecule has 4 heteroatoms. The average molecular weight is 824 g/mol. The number of benzene rings is 9. The van der Waals surface area contributed by atoms with Crippen LogP contribution in [0.1, 0.15) is 22.3 Å². The topological polar surface area (TPSA) is 38.7 Å². The van der Waals surface area contributed by atoms with Crippen molar-refractivity contribution < 1.29 is 4.39 Å². The largest absolute Gasteiger partial charge is 0.206 e. The fraction of sp³-hybridized carbons (Fsp3) is 0.0500. The summed E-state index contributed by atoms with van der Waals surface area (Å²) in [5.74, 6) is -0.372. The molecule has 0 fully saturated rings. The molecule has 1 heterocycles. The average Bonchev–Trinajstić information content (AvgIpc) is 3.73. The van der Waals surface area contributed by atoms with Crippen LogP contribution in [0.5, 0.6) is 0 Å². The van der Waals surface area contributed by atoms with Crippen molar-refractivity contribution in [3.8, 4) is 100 Å². The highest BCUT2D eigenvalue weighted by atomic mass is 19.1. The third-order valence-electron chi connectivity index (χ3n) is 12.8. The fourth-order valence-corrected chi connectivity index (χ4v) is 9.84. The van der Waals surface area contributed by atoms with Crippen molar-refractivity contribution in [1.82, 2.24) is 15.4 Å². The molecule has 1 aliphatic rings. The highest BCUT2D eigenvalue weighted by molar-refractivity contribution is 6.11. The maximum absolute atomic E-state index is 19.6. The van der Waals surface area contributed by atoms with Gasteiger partial charge in [0.1, 0.15) is 17.2 Å². The quantitative estimate of drug-likeness (QED) is 0.153. The summed E-state index contributed by atoms with van der Waals surface area (Å²) in [7, 11) is 0. The third kappa shape index (κ3) is 6.54. The van der Waals surface area contributed by atoms with Gasteiger partial charge in [-0.05, 0) is 103 Å². The Bertz CT molecular complexity index is 3350. The van der Waals surface area contributed by atoms with Crippen molar-refractivity contribution in [2.45, 2.75) is 20.3 Å². The Hall–Kier alpha value is -8.08. The summed E-state index contributed by atoms with van der Waals surface area (Å²) in [4.78, 5) is 0. The van der Waals surface area contributed by atoms with Gasteiger partial charge in [-0.3, -0.25) is 0 Å². The number of nitrogens with zero attached hydrogens (tertiary/aromatic N) is 3. The molecule has 0 aliphatic heterocycles. The number of aromatic nitrogens is 3. The lowest BCUT2D eigenvalue weighted by molar-refractivity contribution is 0.634. The predicted molar refractivity (Wildman–Crippen MR) is 261 cm³/mol. The van der Waals surface area contributed by atoms with Crippen molar-refractivity contribution in [1.29, 1.82) is 0 Å². The first kappa shape index (κ1) is 38.8. The molecule has 0 saturated carbocycles. The van der Waals surface area contributed by atoms with E-state index in [9.17, 15) is 0 Å². The second kappa shape index (κ2) is 16.3. The zero-order valence-corrected chi connectivity index (χ0v) is 35.6. The summed E-state index contributed by atoms with van der Waals surface area (Å²) >= 11 is 0. The Kier molecular flexibility index (Phi) is 9.90. The monoisotopic (exact) mass is 823 g/mol. The molecule has 11 rings (SSSR count). The molecule has 1 aromatic heterocycles. The third-order valence-corrected chi connectivity index (χ3v) is 12.8. The van der Waals surface area contributed by atoms with Crippen LogP contribution in [-0.2, 0) is 6.42 Å². The van der Waals surface area contributed by atoms with E-state index in [1.807, 2.05) is 109 Å². The van der Waals surface area contributed by atoms with Crippen molar-refractivity contribution in [2.75, 3.05) is 0 Å². The van der Waals surface area contributed by atoms with Gasteiger partial charge in [0.05, 0.1) is 0 Å². The zero-order valence-electron chi connectivity index (χ0n) is 35.6. The lowest BCUT2D eigenvalue weighted by Gasteiger charge is -2.28. The van der Waals surface area contributed by atoms with E-state index in [0.717, 1.165) is 72.3 Å². The molecular weight excluding hydrogens is 782 g/mol. The highest BCUT2D eigenvalue weighted by Crippen LogP contribution is 2.57. The zero-order chi connectivity index (χ0) is 43.1. The maximum Gasteiger partial charge on any atom is 0.141 e. The molecule has 0 amide bonds. The summed E-state index contributed by atoms with van der Waals surface area (Å²) in [6, 6.07) is 70.5. The lowest BCUT2D eigenvalue weighted by Crippen LogP contribution is -2.08. The first-order valence-electron chi connectivity index (χ1n) is 21.8. The van der Waals surface area contributed by atoms with Gasteiger partial charge >= 0.3 is 0 Å². The van der Waals surface area contributed by atoms with E-state index in [2.05, 4.69) is 116 Å². The van der Waals surface area contributed by atoms with Crippen LogP contribution in [0.4, 0.5) is 4.39 Å². The predicted octanol–water partition coefficient (Wildman–Crippen LogP) is 15.5. The molecule has 3 nitrogen and oxygen atoms in total. The number of hydrogen-bond donors (Lipinski definition) is 0. The molecule has 0 bridgehead atoms. The molecule has 0 unspecified atom stereocenters. The van der Waals surface area contributed by atoms with Gasteiger partial charge < -0.3 is 0 Å². The molecule has 0 radical (unpaired) electrons. The number of hydrogen-bond acceptors (Lipinski definition) is 3. The molecule has 0 atom stereocenters. The summed E-state index contributed by atoms with van der Waals surface area (Å²) in [5, 5.41) is 14.5. The Morgan fingerprint density at radius 3 is 1.41 bits per heavy atom. The van der Waals surface area contributed by atoms with Gasteiger partial charge in [0.25, 0.3) is 0 Å². The Balaban J connectivity index is 1.40. The van der Waals surface area contributed by atoms with Gasteiger partial charge in [0, 0.05) is 33.4 Å². The van der Waals surface area contributed by atoms with E-state index in [-0.39, 0.29) is 5.82 Å². The van der Waals surface area contributed by atoms with Gasteiger partial charge in [-0.2, -0.15) is 0 Å². The van der Waals surface area contributed by atoms with Crippen LogP contribution in [0, 0.1) is 19.7 Å². The number of halogens is 1. The van der Waals surface area contributed by atoms with Crippen LogP contribution in [-0.4, -0.2) is 15.4 Å². The van der Waals surface area contributed by atoms with Gasteiger partial charge in [-0.25, -0.2) is 4.39 Å². The number of fused-ring (bicyclic) bond motifs is 3. The second-order valence-corrected chi connectivity index (χ2v) is 16.5. The lowest BCUT2D eigenvalue weighted by atomic mass is 9.75. The van der Waals surface area contributed by atoms with Gasteiger partial charge in [0.15, 0.2) is 0 Å². The minimum absolute atomic E-state index is 0.372. The summed E-state index contributed by atoms with van der Waals surface area (Å²) in [5.41, 5.74) is 19.6. The van der Waals surface area contributed by atoms with Crippen LogP contribution < -0.4 is 0 Å². The van der Waals surface area contributed by atoms with E-state index in [0.29, 0.717) is 34.5 Å². The molecule has 1 aliphatic carbocycles. The smallest absolute Gasteiger partial charge is 0.141 e. The van der Waals surface area contributed by atoms with Gasteiger partial charge in [-0.15, -0.1) is 10.2 Å². The molecular formula is C60H42FN3. The standard InChI is InChI=1S/C60H42FN3/c1-38-36-49-47-34-19-18-32-45(47)37-50(49)51(39(38)2)56-53(42-26-12-5-13-27-42)52(41-24-10-4-11-25-41)54(43-28-14-6-15-29-43)58(61)57(56)60-55(59(62-64-63-60)44-30-16-7-17-31-44)48-35-21-20-33-46(48)40-22-8-3-9-23-40/h3-36H,37H2,1-2H3.